The SMILES string of the molecule is COCC1CCN1C(=O)CN(C)C(=O)Nc1cccc(F)c1.Cc1ccccc1-c1ccccc1. The van der Waals surface area contributed by atoms with Gasteiger partial charge in [-0.25, -0.2) is 9.18 Å². The summed E-state index contributed by atoms with van der Waals surface area (Å²) in [5, 5.41) is 2.55. The van der Waals surface area contributed by atoms with Crippen LogP contribution in [0.3, 0.4) is 0 Å². The van der Waals surface area contributed by atoms with Crippen LogP contribution in [0.25, 0.3) is 11.1 Å². The van der Waals surface area contributed by atoms with Crippen LogP contribution in [0.5, 0.6) is 0 Å². The number of anilines is 1. The number of nitrogens with one attached hydrogen (secondary N) is 1. The van der Waals surface area contributed by atoms with E-state index in [4.69, 9.17) is 4.74 Å². The van der Waals surface area contributed by atoms with E-state index in [1.165, 1.54) is 46.8 Å². The summed E-state index contributed by atoms with van der Waals surface area (Å²) in [5.74, 6) is -0.551. The number of carbonyl (C=O) groups is 2. The predicted molar refractivity (Wildman–Crippen MR) is 137 cm³/mol. The highest BCUT2D eigenvalue weighted by Crippen LogP contribution is 2.22. The molecule has 1 aliphatic rings. The topological polar surface area (TPSA) is 61.9 Å². The lowest BCUT2D eigenvalue weighted by molar-refractivity contribution is -0.141. The van der Waals surface area contributed by atoms with Crippen molar-refractivity contribution < 1.29 is 18.7 Å². The van der Waals surface area contributed by atoms with Crippen molar-refractivity contribution in [1.29, 1.82) is 0 Å². The molecule has 0 aliphatic carbocycles. The molecule has 4 rings (SSSR count). The van der Waals surface area contributed by atoms with E-state index in [1.54, 1.807) is 18.1 Å². The van der Waals surface area contributed by atoms with Crippen LogP contribution in [-0.4, -0.2) is 61.6 Å². The Hall–Kier alpha value is -3.71. The van der Waals surface area contributed by atoms with Gasteiger partial charge < -0.3 is 19.9 Å². The van der Waals surface area contributed by atoms with Gasteiger partial charge in [-0.1, -0.05) is 60.7 Å². The van der Waals surface area contributed by atoms with Gasteiger partial charge in [-0.15, -0.1) is 0 Å². The number of benzene rings is 3. The van der Waals surface area contributed by atoms with E-state index in [2.05, 4.69) is 60.8 Å². The first-order chi connectivity index (χ1) is 16.9. The highest BCUT2D eigenvalue weighted by Gasteiger charge is 2.32. The number of methoxy groups -OCH3 is 1. The van der Waals surface area contributed by atoms with Crippen LogP contribution in [-0.2, 0) is 9.53 Å². The highest BCUT2D eigenvalue weighted by molar-refractivity contribution is 5.92. The first-order valence-corrected chi connectivity index (χ1v) is 11.6. The van der Waals surface area contributed by atoms with Crippen molar-refractivity contribution in [1.82, 2.24) is 9.80 Å². The number of hydrogen-bond donors (Lipinski definition) is 1. The van der Waals surface area contributed by atoms with Crippen molar-refractivity contribution in [2.75, 3.05) is 39.2 Å². The molecule has 6 nitrogen and oxygen atoms in total. The van der Waals surface area contributed by atoms with Gasteiger partial charge in [0.1, 0.15) is 12.4 Å². The van der Waals surface area contributed by atoms with Gasteiger partial charge >= 0.3 is 6.03 Å². The van der Waals surface area contributed by atoms with Crippen molar-refractivity contribution in [3.63, 3.8) is 0 Å². The fourth-order valence-electron chi connectivity index (χ4n) is 3.80. The second-order valence-electron chi connectivity index (χ2n) is 8.46. The van der Waals surface area contributed by atoms with E-state index >= 15 is 0 Å². The molecule has 7 heteroatoms. The Balaban J connectivity index is 0.000000223. The molecule has 35 heavy (non-hydrogen) atoms. The third-order valence-corrected chi connectivity index (χ3v) is 5.85. The summed E-state index contributed by atoms with van der Waals surface area (Å²) in [6.07, 6.45) is 0.915. The quantitative estimate of drug-likeness (QED) is 0.531. The Morgan fingerprint density at radius 1 is 1.06 bits per heavy atom. The van der Waals surface area contributed by atoms with Crippen molar-refractivity contribution in [3.8, 4) is 11.1 Å². The summed E-state index contributed by atoms with van der Waals surface area (Å²) < 4.78 is 18.1. The molecule has 0 aromatic heterocycles. The van der Waals surface area contributed by atoms with Gasteiger partial charge in [-0.3, -0.25) is 4.79 Å². The van der Waals surface area contributed by atoms with Gasteiger partial charge in [-0.05, 0) is 48.2 Å². The van der Waals surface area contributed by atoms with Gasteiger partial charge in [0.2, 0.25) is 5.91 Å². The molecular formula is C28H32FN3O3. The zero-order chi connectivity index (χ0) is 25.2. The minimum absolute atomic E-state index is 0.0264. The molecule has 184 valence electrons. The van der Waals surface area contributed by atoms with Gasteiger partial charge in [0.05, 0.1) is 12.6 Å². The maximum Gasteiger partial charge on any atom is 0.322 e. The Labute approximate surface area is 206 Å². The normalized spacial score (nSPS) is 14.3. The van der Waals surface area contributed by atoms with Crippen molar-refractivity contribution in [3.05, 3.63) is 90.2 Å². The molecule has 0 bridgehead atoms. The molecule has 3 aromatic carbocycles. The number of urea groups is 1. The summed E-state index contributed by atoms with van der Waals surface area (Å²) >= 11 is 0. The summed E-state index contributed by atoms with van der Waals surface area (Å²) in [5.41, 5.74) is 4.29. The molecule has 3 aromatic rings. The lowest BCUT2D eigenvalue weighted by atomic mass is 10.0. The smallest absolute Gasteiger partial charge is 0.322 e. The van der Waals surface area contributed by atoms with Gasteiger partial charge in [0.25, 0.3) is 0 Å². The molecule has 1 fully saturated rings. The number of hydrogen-bond acceptors (Lipinski definition) is 3. The Kier molecular flexibility index (Phi) is 9.38. The molecule has 1 atom stereocenters. The average molecular weight is 478 g/mol. The fourth-order valence-corrected chi connectivity index (χ4v) is 3.80. The molecule has 1 saturated heterocycles. The first-order valence-electron chi connectivity index (χ1n) is 11.6. The van der Waals surface area contributed by atoms with Crippen LogP contribution in [0.4, 0.5) is 14.9 Å². The zero-order valence-electron chi connectivity index (χ0n) is 20.4. The zero-order valence-corrected chi connectivity index (χ0v) is 20.4. The number of nitrogens with zero attached hydrogens (tertiary/aromatic N) is 2. The molecule has 1 unspecified atom stereocenters. The van der Waals surface area contributed by atoms with E-state index in [9.17, 15) is 14.0 Å². The number of carbonyl (C=O) groups excluding carboxylic acids is 2. The largest absolute Gasteiger partial charge is 0.383 e. The summed E-state index contributed by atoms with van der Waals surface area (Å²) in [7, 11) is 3.12. The average Bonchev–Trinajstić information content (AvgIpc) is 2.83. The van der Waals surface area contributed by atoms with E-state index in [0.717, 1.165) is 6.42 Å². The van der Waals surface area contributed by atoms with Crippen LogP contribution < -0.4 is 5.32 Å². The molecule has 1 aliphatic heterocycles. The second kappa shape index (κ2) is 12.7. The monoisotopic (exact) mass is 477 g/mol. The Morgan fingerprint density at radius 2 is 1.77 bits per heavy atom. The number of likely N-dealkylation sites (tertiary alicyclic amines) is 1. The van der Waals surface area contributed by atoms with Crippen LogP contribution in [0.1, 0.15) is 12.0 Å². The standard InChI is InChI=1S/C15H20FN3O3.C13H12/c1-18(9-14(20)19-7-6-13(19)10-22-2)15(21)17-12-5-3-4-11(16)8-12;1-11-7-5-6-10-13(11)12-8-3-2-4-9-12/h3-5,8,13H,6-7,9-10H2,1-2H3,(H,17,21);2-10H,1H3. The number of halogens is 1. The molecule has 1 heterocycles. The molecule has 0 saturated carbocycles. The van der Waals surface area contributed by atoms with Crippen LogP contribution in [0.15, 0.2) is 78.9 Å². The maximum absolute atomic E-state index is 13.1. The number of likely N-dealkylation sites (N-methyl/N-ethyl adjacent to an activating group) is 1. The molecular weight excluding hydrogens is 445 g/mol. The molecule has 0 radical (unpaired) electrons. The number of amides is 3. The summed E-state index contributed by atoms with van der Waals surface area (Å²) in [6, 6.07) is 24.2. The molecule has 1 N–H and O–H groups in total. The van der Waals surface area contributed by atoms with Gasteiger partial charge in [0, 0.05) is 26.4 Å². The number of rotatable bonds is 6. The number of aryl methyl sites for hydroxylation is 1. The van der Waals surface area contributed by atoms with E-state index in [1.807, 2.05) is 6.07 Å². The van der Waals surface area contributed by atoms with E-state index in [0.29, 0.717) is 18.8 Å². The summed E-state index contributed by atoms with van der Waals surface area (Å²) in [4.78, 5) is 27.1. The third-order valence-electron chi connectivity index (χ3n) is 5.85. The maximum atomic E-state index is 13.1. The van der Waals surface area contributed by atoms with Crippen LogP contribution >= 0.6 is 0 Å². The van der Waals surface area contributed by atoms with E-state index < -0.39 is 11.8 Å². The lowest BCUT2D eigenvalue weighted by Crippen LogP contribution is -2.56. The first kappa shape index (κ1) is 25.9. The Morgan fingerprint density at radius 3 is 2.40 bits per heavy atom. The second-order valence-corrected chi connectivity index (χ2v) is 8.46. The highest BCUT2D eigenvalue weighted by atomic mass is 19.1. The number of ether oxygens (including phenoxy) is 1. The third kappa shape index (κ3) is 7.39. The van der Waals surface area contributed by atoms with Gasteiger partial charge in [0.15, 0.2) is 0 Å². The molecule has 3 amide bonds. The Bertz CT molecular complexity index is 1120. The van der Waals surface area contributed by atoms with Crippen LogP contribution in [0.2, 0.25) is 0 Å². The van der Waals surface area contributed by atoms with Crippen molar-refractivity contribution in [2.45, 2.75) is 19.4 Å². The molecule has 0 spiro atoms. The summed E-state index contributed by atoms with van der Waals surface area (Å²) in [6.45, 7) is 3.31. The predicted octanol–water partition coefficient (Wildman–Crippen LogP) is 5.20. The van der Waals surface area contributed by atoms with Crippen molar-refractivity contribution in [2.24, 2.45) is 0 Å². The van der Waals surface area contributed by atoms with Crippen molar-refractivity contribution >= 4 is 17.6 Å². The minimum atomic E-state index is -0.456. The van der Waals surface area contributed by atoms with Crippen LogP contribution in [0, 0.1) is 12.7 Å². The minimum Gasteiger partial charge on any atom is -0.383 e. The lowest BCUT2D eigenvalue weighted by Gasteiger charge is -2.41. The van der Waals surface area contributed by atoms with Gasteiger partial charge in [-0.2, -0.15) is 0 Å². The van der Waals surface area contributed by atoms with E-state index in [-0.39, 0.29) is 18.5 Å². The fraction of sp³-hybridized carbons (Fsp3) is 0.286.